The van der Waals surface area contributed by atoms with Crippen LogP contribution in [-0.2, 0) is 10.8 Å². The van der Waals surface area contributed by atoms with Gasteiger partial charge in [0.15, 0.2) is 17.5 Å². The zero-order valence-corrected chi connectivity index (χ0v) is 37.2. The monoisotopic (exact) mass is 853 g/mol. The fourth-order valence-electron chi connectivity index (χ4n) is 12.5. The molecule has 14 rings (SSSR count). The van der Waals surface area contributed by atoms with E-state index in [4.69, 9.17) is 15.0 Å². The third-order valence-electron chi connectivity index (χ3n) is 15.3. The Labute approximate surface area is 390 Å². The molecule has 5 aliphatic carbocycles. The summed E-state index contributed by atoms with van der Waals surface area (Å²) in [5, 5.41) is 2.24. The van der Waals surface area contributed by atoms with Crippen molar-refractivity contribution in [1.82, 2.24) is 15.0 Å². The first-order valence-electron chi connectivity index (χ1n) is 23.4. The minimum Gasteiger partial charge on any atom is -0.208 e. The number of fused-ring (bicyclic) bond motifs is 15. The molecule has 314 valence electrons. The Bertz CT molecular complexity index is 3690. The van der Waals surface area contributed by atoms with E-state index in [1.165, 1.54) is 83.5 Å². The average Bonchev–Trinajstić information content (AvgIpc) is 4.09. The van der Waals surface area contributed by atoms with Gasteiger partial charge < -0.3 is 0 Å². The van der Waals surface area contributed by atoms with Gasteiger partial charge in [-0.2, -0.15) is 0 Å². The molecule has 9 aromatic rings. The summed E-state index contributed by atoms with van der Waals surface area (Å²) in [6, 6.07) is 67.6. The standard InChI is InChI=1S/C64H43N3/c1-3-17-45-39(2)63(56-28-11-13-30-58(56)64(59-31-14-12-29-57(59)63)53-26-9-7-22-47(53)48-23-8-10-27-54(48)64)55-35-33-42(37-52(45)55)41-32-34-46-43(36-41)20-15-24-49(46)61-65-60(40-18-5-4-6-19-40)66-62(67-61)50-25-16-21-44-38-51(44)50/h3-38,44H,1-2H3/b17-3-/t44-/m1/s1. The van der Waals surface area contributed by atoms with Crippen LogP contribution in [0.3, 0.4) is 0 Å². The van der Waals surface area contributed by atoms with Crippen molar-refractivity contribution in [3.8, 4) is 45.0 Å². The first-order valence-corrected chi connectivity index (χ1v) is 23.4. The molecule has 0 N–H and O–H groups in total. The van der Waals surface area contributed by atoms with Crippen molar-refractivity contribution in [2.45, 2.75) is 24.7 Å². The van der Waals surface area contributed by atoms with E-state index in [1.54, 1.807) is 0 Å². The van der Waals surface area contributed by atoms with E-state index in [0.29, 0.717) is 23.4 Å². The number of nitrogens with zero attached hydrogens (tertiary/aromatic N) is 3. The van der Waals surface area contributed by atoms with E-state index in [1.807, 2.05) is 18.2 Å². The van der Waals surface area contributed by atoms with E-state index in [-0.39, 0.29) is 0 Å². The Hall–Kier alpha value is -8.27. The van der Waals surface area contributed by atoms with Gasteiger partial charge in [0.1, 0.15) is 0 Å². The average molecular weight is 854 g/mol. The summed E-state index contributed by atoms with van der Waals surface area (Å²) in [5.74, 6) is 2.44. The Balaban J connectivity index is 0.930. The van der Waals surface area contributed by atoms with Gasteiger partial charge in [-0.3, -0.25) is 0 Å². The van der Waals surface area contributed by atoms with Crippen molar-refractivity contribution in [2.24, 2.45) is 5.92 Å². The van der Waals surface area contributed by atoms with Crippen LogP contribution in [0.4, 0.5) is 0 Å². The van der Waals surface area contributed by atoms with Gasteiger partial charge in [-0.05, 0) is 120 Å². The minimum absolute atomic E-state index is 0.379. The highest BCUT2D eigenvalue weighted by Crippen LogP contribution is 2.67. The molecule has 5 aliphatic rings. The van der Waals surface area contributed by atoms with Crippen LogP contribution in [0.5, 0.6) is 0 Å². The molecule has 8 aromatic carbocycles. The zero-order valence-electron chi connectivity index (χ0n) is 37.2. The lowest BCUT2D eigenvalue weighted by Gasteiger charge is -2.49. The molecular formula is C64H43N3. The van der Waals surface area contributed by atoms with Crippen molar-refractivity contribution in [1.29, 1.82) is 0 Å². The summed E-state index contributed by atoms with van der Waals surface area (Å²) in [7, 11) is 0. The van der Waals surface area contributed by atoms with Gasteiger partial charge in [-0.25, -0.2) is 15.0 Å². The molecule has 1 atom stereocenters. The fourth-order valence-corrected chi connectivity index (χ4v) is 12.5. The van der Waals surface area contributed by atoms with Crippen molar-refractivity contribution in [3.63, 3.8) is 0 Å². The summed E-state index contributed by atoms with van der Waals surface area (Å²) >= 11 is 0. The van der Waals surface area contributed by atoms with Crippen molar-refractivity contribution in [2.75, 3.05) is 0 Å². The maximum atomic E-state index is 5.18. The summed E-state index contributed by atoms with van der Waals surface area (Å²) < 4.78 is 0. The second kappa shape index (κ2) is 14.1. The Morgan fingerprint density at radius 2 is 1.03 bits per heavy atom. The van der Waals surface area contributed by atoms with Crippen LogP contribution in [0, 0.1) is 5.92 Å². The van der Waals surface area contributed by atoms with Crippen LogP contribution < -0.4 is 0 Å². The van der Waals surface area contributed by atoms with Gasteiger partial charge in [0, 0.05) is 22.6 Å². The molecule has 0 saturated heterocycles. The smallest absolute Gasteiger partial charge is 0.164 e. The first-order chi connectivity index (χ1) is 33.1. The lowest BCUT2D eigenvalue weighted by molar-refractivity contribution is 0.623. The molecule has 3 heteroatoms. The molecule has 67 heavy (non-hydrogen) atoms. The molecule has 2 spiro atoms. The SMILES string of the molecule is C/C=C\C1=C(C)C2(c3ccc(-c4ccc5c(-c6nc(C7=CC=C[C@@H]8C=C78)nc(-c7ccccc7)n6)cccc5c4)cc31)c1ccccc1C1(c3ccccc3-c3ccccc31)c1ccccc12. The van der Waals surface area contributed by atoms with Crippen LogP contribution >= 0.6 is 0 Å². The van der Waals surface area contributed by atoms with Gasteiger partial charge >= 0.3 is 0 Å². The molecule has 0 unspecified atom stereocenters. The van der Waals surface area contributed by atoms with Crippen LogP contribution in [0.25, 0.3) is 66.9 Å². The van der Waals surface area contributed by atoms with E-state index in [0.717, 1.165) is 27.5 Å². The molecule has 0 bridgehead atoms. The van der Waals surface area contributed by atoms with Crippen LogP contribution in [0.2, 0.25) is 0 Å². The Morgan fingerprint density at radius 3 is 1.73 bits per heavy atom. The maximum Gasteiger partial charge on any atom is 0.164 e. The molecule has 0 radical (unpaired) electrons. The molecule has 1 heterocycles. The number of hydrogen-bond acceptors (Lipinski definition) is 3. The number of benzene rings is 8. The summed E-state index contributed by atoms with van der Waals surface area (Å²) in [6.07, 6.45) is 13.3. The number of rotatable bonds is 5. The molecule has 0 fully saturated rings. The molecule has 0 saturated carbocycles. The predicted octanol–water partition coefficient (Wildman–Crippen LogP) is 14.9. The second-order valence-electron chi connectivity index (χ2n) is 18.5. The molecule has 0 aliphatic heterocycles. The summed E-state index contributed by atoms with van der Waals surface area (Å²) in [6.45, 7) is 4.52. The normalized spacial score (nSPS) is 17.2. The van der Waals surface area contributed by atoms with Gasteiger partial charge in [-0.1, -0.05) is 206 Å². The Morgan fingerprint density at radius 1 is 0.463 bits per heavy atom. The van der Waals surface area contributed by atoms with E-state index in [2.05, 4.69) is 214 Å². The predicted molar refractivity (Wildman–Crippen MR) is 273 cm³/mol. The zero-order chi connectivity index (χ0) is 44.4. The number of hydrogen-bond donors (Lipinski definition) is 0. The third-order valence-corrected chi connectivity index (χ3v) is 15.3. The highest BCUT2D eigenvalue weighted by atomic mass is 15.0. The lowest BCUT2D eigenvalue weighted by Crippen LogP contribution is -2.43. The quantitative estimate of drug-likeness (QED) is 0.173. The van der Waals surface area contributed by atoms with Crippen LogP contribution in [-0.4, -0.2) is 15.0 Å². The van der Waals surface area contributed by atoms with Gasteiger partial charge in [0.25, 0.3) is 0 Å². The van der Waals surface area contributed by atoms with Gasteiger partial charge in [0.05, 0.1) is 10.8 Å². The van der Waals surface area contributed by atoms with Crippen molar-refractivity contribution < 1.29 is 0 Å². The van der Waals surface area contributed by atoms with E-state index >= 15 is 0 Å². The largest absolute Gasteiger partial charge is 0.208 e. The maximum absolute atomic E-state index is 5.18. The summed E-state index contributed by atoms with van der Waals surface area (Å²) in [5.41, 5.74) is 21.7. The minimum atomic E-state index is -0.491. The highest BCUT2D eigenvalue weighted by molar-refractivity contribution is 6.00. The summed E-state index contributed by atoms with van der Waals surface area (Å²) in [4.78, 5) is 15.3. The number of allylic oxidation sites excluding steroid dienone is 10. The molecule has 0 amide bonds. The number of aromatic nitrogens is 3. The lowest BCUT2D eigenvalue weighted by atomic mass is 9.52. The highest BCUT2D eigenvalue weighted by Gasteiger charge is 2.58. The van der Waals surface area contributed by atoms with Crippen molar-refractivity contribution in [3.05, 3.63) is 280 Å². The van der Waals surface area contributed by atoms with E-state index in [9.17, 15) is 0 Å². The van der Waals surface area contributed by atoms with Crippen LogP contribution in [0.15, 0.2) is 230 Å². The van der Waals surface area contributed by atoms with Crippen LogP contribution in [0.1, 0.15) is 64.2 Å². The van der Waals surface area contributed by atoms with Crippen molar-refractivity contribution >= 4 is 21.9 Å². The first kappa shape index (κ1) is 38.0. The second-order valence-corrected chi connectivity index (χ2v) is 18.5. The molecule has 1 aromatic heterocycles. The van der Waals surface area contributed by atoms with Gasteiger partial charge in [0.2, 0.25) is 0 Å². The topological polar surface area (TPSA) is 38.7 Å². The third kappa shape index (κ3) is 5.14. The van der Waals surface area contributed by atoms with Gasteiger partial charge in [-0.15, -0.1) is 0 Å². The molecular weight excluding hydrogens is 811 g/mol. The fraction of sp³-hybridized carbons (Fsp3) is 0.0781. The Kier molecular flexibility index (Phi) is 8.01. The molecule has 3 nitrogen and oxygen atoms in total. The van der Waals surface area contributed by atoms with E-state index < -0.39 is 10.8 Å².